The molecule has 194 valence electrons. The number of carbonyl (C=O) groups is 3. The van der Waals surface area contributed by atoms with Crippen LogP contribution < -0.4 is 10.9 Å². The van der Waals surface area contributed by atoms with Crippen LogP contribution in [0.2, 0.25) is 0 Å². The minimum atomic E-state index is -0.894. The van der Waals surface area contributed by atoms with Crippen LogP contribution in [0.15, 0.2) is 47.4 Å². The van der Waals surface area contributed by atoms with Crippen LogP contribution >= 0.6 is 0 Å². The fourth-order valence-electron chi connectivity index (χ4n) is 4.33. The van der Waals surface area contributed by atoms with Crippen molar-refractivity contribution in [2.75, 3.05) is 33.2 Å². The summed E-state index contributed by atoms with van der Waals surface area (Å²) >= 11 is 0. The van der Waals surface area contributed by atoms with Crippen LogP contribution in [0.1, 0.15) is 40.9 Å². The van der Waals surface area contributed by atoms with Gasteiger partial charge in [-0.1, -0.05) is 25.1 Å². The van der Waals surface area contributed by atoms with Crippen LogP contribution in [0.5, 0.6) is 5.75 Å². The third kappa shape index (κ3) is 5.36. The van der Waals surface area contributed by atoms with Gasteiger partial charge in [0.25, 0.3) is 11.8 Å². The number of piperazine rings is 1. The van der Waals surface area contributed by atoms with Crippen LogP contribution in [0.3, 0.4) is 0 Å². The van der Waals surface area contributed by atoms with Gasteiger partial charge in [-0.05, 0) is 37.2 Å². The zero-order valence-corrected chi connectivity index (χ0v) is 20.6. The van der Waals surface area contributed by atoms with Crippen molar-refractivity contribution in [2.45, 2.75) is 25.8 Å². The van der Waals surface area contributed by atoms with Crippen LogP contribution in [0.25, 0.3) is 5.65 Å². The minimum Gasteiger partial charge on any atom is -0.501 e. The Hall–Kier alpha value is -4.12. The van der Waals surface area contributed by atoms with E-state index >= 15 is 0 Å². The summed E-state index contributed by atoms with van der Waals surface area (Å²) < 4.78 is 14.2. The predicted molar refractivity (Wildman–Crippen MR) is 133 cm³/mol. The second-order valence-electron chi connectivity index (χ2n) is 9.00. The lowest BCUT2D eigenvalue weighted by Gasteiger charge is -2.32. The molecule has 1 aliphatic rings. The fraction of sp³-hybridized carbons (Fsp3) is 0.346. The summed E-state index contributed by atoms with van der Waals surface area (Å²) in [6.45, 7) is 3.97. The second kappa shape index (κ2) is 10.9. The first-order valence-electron chi connectivity index (χ1n) is 12.0. The van der Waals surface area contributed by atoms with Gasteiger partial charge in [-0.2, -0.15) is 0 Å². The Morgan fingerprint density at radius 2 is 1.78 bits per heavy atom. The summed E-state index contributed by atoms with van der Waals surface area (Å²) in [5.74, 6) is -4.20. The number of ketones is 1. The molecule has 37 heavy (non-hydrogen) atoms. The van der Waals surface area contributed by atoms with Gasteiger partial charge in [0.05, 0.1) is 5.92 Å². The molecule has 1 saturated heterocycles. The van der Waals surface area contributed by atoms with Crippen molar-refractivity contribution in [1.82, 2.24) is 24.5 Å². The average Bonchev–Trinajstić information content (AvgIpc) is 2.90. The number of hydrogen-bond acceptors (Lipinski definition) is 7. The van der Waals surface area contributed by atoms with E-state index in [1.165, 1.54) is 41.4 Å². The number of pyridine rings is 1. The number of Topliss-reactive ketones (excluding diaryl/α,β-unsaturated/α-hetero) is 1. The molecule has 0 aliphatic carbocycles. The maximum Gasteiger partial charge on any atom is 0.300 e. The third-order valence-corrected chi connectivity index (χ3v) is 6.54. The number of likely N-dealkylation sites (N-methyl/N-ethyl adjacent to an activating group) is 1. The maximum atomic E-state index is 13.3. The van der Waals surface area contributed by atoms with Gasteiger partial charge in [-0.3, -0.25) is 23.6 Å². The number of benzene rings is 1. The van der Waals surface area contributed by atoms with Crippen molar-refractivity contribution in [1.29, 1.82) is 0 Å². The van der Waals surface area contributed by atoms with Crippen molar-refractivity contribution < 1.29 is 23.9 Å². The van der Waals surface area contributed by atoms with Crippen molar-refractivity contribution in [3.63, 3.8) is 0 Å². The van der Waals surface area contributed by atoms with Crippen LogP contribution in [-0.4, -0.2) is 75.1 Å². The van der Waals surface area contributed by atoms with Gasteiger partial charge < -0.3 is 20.2 Å². The summed E-state index contributed by atoms with van der Waals surface area (Å²) in [7, 11) is 1.95. The van der Waals surface area contributed by atoms with E-state index in [-0.39, 0.29) is 18.6 Å². The molecule has 2 aromatic heterocycles. The molecule has 3 aromatic rings. The Balaban J connectivity index is 1.66. The van der Waals surface area contributed by atoms with E-state index in [1.807, 2.05) is 7.05 Å². The monoisotopic (exact) mass is 509 g/mol. The highest BCUT2D eigenvalue weighted by Gasteiger charge is 2.33. The maximum absolute atomic E-state index is 13.3. The molecule has 0 bridgehead atoms. The smallest absolute Gasteiger partial charge is 0.300 e. The normalized spacial score (nSPS) is 14.9. The molecule has 4 rings (SSSR count). The third-order valence-electron chi connectivity index (χ3n) is 6.54. The number of amides is 2. The number of carbonyl (C=O) groups excluding carboxylic acids is 3. The zero-order valence-electron chi connectivity index (χ0n) is 20.6. The molecule has 1 atom stereocenters. The highest BCUT2D eigenvalue weighted by Crippen LogP contribution is 2.26. The SMILES string of the molecule is CCC(C(=O)C(=O)N1CCN(C)CC1)c1cccn2c(=O)c(O)c(C(=O)NCc3ccc(F)cc3)nc12. The molecule has 11 heteroatoms. The first kappa shape index (κ1) is 26.0. The lowest BCUT2D eigenvalue weighted by molar-refractivity contribution is -0.146. The first-order valence-corrected chi connectivity index (χ1v) is 12.0. The number of rotatable bonds is 7. The number of nitrogens with one attached hydrogen (secondary N) is 1. The van der Waals surface area contributed by atoms with E-state index in [0.717, 1.165) is 4.40 Å². The molecule has 1 aliphatic heterocycles. The molecule has 3 heterocycles. The van der Waals surface area contributed by atoms with E-state index in [2.05, 4.69) is 15.2 Å². The summed E-state index contributed by atoms with van der Waals surface area (Å²) in [5.41, 5.74) is -0.476. The predicted octanol–water partition coefficient (Wildman–Crippen LogP) is 1.31. The molecule has 2 amide bonds. The quantitative estimate of drug-likeness (QED) is 0.460. The largest absolute Gasteiger partial charge is 0.501 e. The topological polar surface area (TPSA) is 124 Å². The zero-order chi connectivity index (χ0) is 26.7. The van der Waals surface area contributed by atoms with E-state index in [1.54, 1.807) is 13.0 Å². The summed E-state index contributed by atoms with van der Waals surface area (Å²) in [6.07, 6.45) is 1.63. The molecule has 0 spiro atoms. The lowest BCUT2D eigenvalue weighted by atomic mass is 9.91. The number of halogens is 1. The molecular formula is C26H28FN5O5. The standard InChI is InChI=1S/C26H28FN5O5/c1-3-18(21(33)25(36)31-13-11-30(2)12-14-31)19-5-4-10-32-23(19)29-20(22(34)26(32)37)24(35)28-15-16-6-8-17(27)9-7-16/h4-10,18,34H,3,11-15H2,1-2H3,(H,28,35). The molecular weight excluding hydrogens is 481 g/mol. The highest BCUT2D eigenvalue weighted by molar-refractivity contribution is 6.38. The van der Waals surface area contributed by atoms with Gasteiger partial charge in [0, 0.05) is 44.5 Å². The summed E-state index contributed by atoms with van der Waals surface area (Å²) in [6, 6.07) is 8.59. The minimum absolute atomic E-state index is 0.00334. The number of hydrogen-bond donors (Lipinski definition) is 2. The number of aromatic nitrogens is 2. The Morgan fingerprint density at radius 1 is 1.11 bits per heavy atom. The molecule has 2 N–H and O–H groups in total. The van der Waals surface area contributed by atoms with Crippen molar-refractivity contribution in [2.24, 2.45) is 0 Å². The van der Waals surface area contributed by atoms with E-state index < -0.39 is 46.3 Å². The van der Waals surface area contributed by atoms with Crippen LogP contribution in [0, 0.1) is 5.82 Å². The van der Waals surface area contributed by atoms with Gasteiger partial charge in [0.2, 0.25) is 11.5 Å². The van der Waals surface area contributed by atoms with Gasteiger partial charge in [0.15, 0.2) is 5.69 Å². The van der Waals surface area contributed by atoms with Gasteiger partial charge in [-0.25, -0.2) is 9.37 Å². The Bertz CT molecular complexity index is 1400. The van der Waals surface area contributed by atoms with Gasteiger partial charge in [-0.15, -0.1) is 0 Å². The Morgan fingerprint density at radius 3 is 2.43 bits per heavy atom. The molecule has 1 unspecified atom stereocenters. The van der Waals surface area contributed by atoms with Gasteiger partial charge >= 0.3 is 5.56 Å². The van der Waals surface area contributed by atoms with Crippen molar-refractivity contribution in [3.8, 4) is 5.75 Å². The highest BCUT2D eigenvalue weighted by atomic mass is 19.1. The van der Waals surface area contributed by atoms with E-state index in [4.69, 9.17) is 0 Å². The Kier molecular flexibility index (Phi) is 7.63. The molecule has 0 saturated carbocycles. The number of fused-ring (bicyclic) bond motifs is 1. The Labute approximate surface area is 212 Å². The number of nitrogens with zero attached hydrogens (tertiary/aromatic N) is 4. The first-order chi connectivity index (χ1) is 17.7. The number of aromatic hydroxyl groups is 1. The van der Waals surface area contributed by atoms with E-state index in [9.17, 15) is 28.7 Å². The van der Waals surface area contributed by atoms with E-state index in [0.29, 0.717) is 37.3 Å². The fourth-order valence-corrected chi connectivity index (χ4v) is 4.33. The van der Waals surface area contributed by atoms with Crippen molar-refractivity contribution in [3.05, 3.63) is 75.6 Å². The summed E-state index contributed by atoms with van der Waals surface area (Å²) in [5, 5.41) is 13.0. The van der Waals surface area contributed by atoms with Crippen LogP contribution in [-0.2, 0) is 16.1 Å². The van der Waals surface area contributed by atoms with Gasteiger partial charge in [0.1, 0.15) is 11.5 Å². The second-order valence-corrected chi connectivity index (χ2v) is 9.00. The van der Waals surface area contributed by atoms with Crippen molar-refractivity contribution >= 4 is 23.2 Å². The molecule has 1 fully saturated rings. The lowest BCUT2D eigenvalue weighted by Crippen LogP contribution is -2.50. The average molecular weight is 510 g/mol. The molecule has 1 aromatic carbocycles. The van der Waals surface area contributed by atoms with Crippen LogP contribution in [0.4, 0.5) is 4.39 Å². The molecule has 0 radical (unpaired) electrons. The molecule has 10 nitrogen and oxygen atoms in total. The summed E-state index contributed by atoms with van der Waals surface area (Å²) in [4.78, 5) is 59.9.